The van der Waals surface area contributed by atoms with Gasteiger partial charge in [-0.2, -0.15) is 26.3 Å². The van der Waals surface area contributed by atoms with Crippen molar-refractivity contribution in [2.75, 3.05) is 13.7 Å². The van der Waals surface area contributed by atoms with Crippen molar-refractivity contribution in [1.82, 2.24) is 49.8 Å². The lowest BCUT2D eigenvalue weighted by Crippen LogP contribution is -2.17. The zero-order chi connectivity index (χ0) is 101. The summed E-state index contributed by atoms with van der Waals surface area (Å²) in [6, 6.07) is 53.5. The molecule has 0 amide bonds. The lowest BCUT2D eigenvalue weighted by Gasteiger charge is -2.25. The molecule has 3 saturated carbocycles. The van der Waals surface area contributed by atoms with E-state index in [1.165, 1.54) is 134 Å². The maximum Gasteiger partial charge on any atom is 0.433 e. The number of ether oxygens (including phenoxy) is 2. The Labute approximate surface area is 811 Å². The minimum Gasteiger partial charge on any atom is -0.481 e. The van der Waals surface area contributed by atoms with Gasteiger partial charge in [-0.05, 0) is 297 Å². The first kappa shape index (κ1) is 118. The number of halogens is 7. The molecule has 0 unspecified atom stereocenters. The van der Waals surface area contributed by atoms with Crippen LogP contribution in [0.1, 0.15) is 365 Å². The van der Waals surface area contributed by atoms with E-state index in [0.29, 0.717) is 77.9 Å². The predicted octanol–water partition coefficient (Wildman–Crippen LogP) is 32.4. The molecule has 0 N–H and O–H groups in total. The molecule has 10 aromatic rings. The van der Waals surface area contributed by atoms with Gasteiger partial charge in [0.15, 0.2) is 0 Å². The second-order valence-corrected chi connectivity index (χ2v) is 43.1. The fourth-order valence-corrected chi connectivity index (χ4v) is 14.6. The largest absolute Gasteiger partial charge is 0.481 e. The Morgan fingerprint density at radius 3 is 1.09 bits per heavy atom. The summed E-state index contributed by atoms with van der Waals surface area (Å²) >= 11 is 0. The molecule has 0 bridgehead atoms. The van der Waals surface area contributed by atoms with Crippen LogP contribution in [0.2, 0.25) is 0 Å². The number of pyridine rings is 10. The number of aromatic nitrogens is 10. The number of rotatable bonds is 26. The van der Waals surface area contributed by atoms with Gasteiger partial charge >= 0.3 is 12.4 Å². The van der Waals surface area contributed by atoms with Crippen LogP contribution in [0, 0.1) is 70.9 Å². The van der Waals surface area contributed by atoms with Crippen LogP contribution in [-0.2, 0) is 82.0 Å². The maximum atomic E-state index is 13.5. The number of aryl methyl sites for hydroxylation is 3. The number of nitrogens with zero attached hydrogens (tertiary/aromatic N) is 10. The number of hydrogen-bond acceptors (Lipinski definition) is 12. The topological polar surface area (TPSA) is 147 Å². The zero-order valence-corrected chi connectivity index (χ0v) is 87.7. The van der Waals surface area contributed by atoms with Crippen molar-refractivity contribution in [2.24, 2.45) is 58.2 Å². The molecule has 19 heteroatoms. The highest BCUT2D eigenvalue weighted by molar-refractivity contribution is 5.25. The molecule has 3 fully saturated rings. The molecule has 0 aliphatic heterocycles. The standard InChI is InChI=1S/C14H21N.C13H20FN.C13H19N.C12H19NO.C12H17N.C11H17NO.C11H17N.2C10H12F3N.C10H15N/c1-11(2)10-13-8-5-9-14(15-13)12-6-3-4-7-12;1-9(2)8-10-6-7-11(14)12(15-10)13(3,4)5;1-10(2)9-12-7-4-8-13(14-12)11-5-3-6-11;1-5-14-11-8-6-7-10(13-11)9-12(2,3)4;1-9(2)8-11-4-3-5-12(13-11)10-6-7-10;1-11(2,3)8-9-6-5-7-10(12-9)13-4;1-9(2)7-8-11-6-4-5-10(3)12-11;1-7(2)5-9-4-3-8(6-14-9)10(11,12)13;1-7(2)6-8-4-3-5-9(14-8)10(11,12)13;1-9(2)6-7-10-5-3-4-8-11-10/h5,8-9,11-12H,3-4,6-7,10H2,1-2H3;6-7,9H,8H2,1-5H3;4,7-8,10-11H,3,5-6,9H2,1-2H3;6-8H,5,9H2,1-4H3;3-5,9-10H,6-8H2,1-2H3;5-7H,8H2,1-4H3;4-6,9H,7-8H2,1-3H3;3-4,6-7H,5H2,1-2H3;3-5,7H,6H2,1-2H3;3-5,8-9H,6-7H2,1-2H3. The summed E-state index contributed by atoms with van der Waals surface area (Å²) in [4.78, 5) is 43.4. The number of methoxy groups -OCH3 is 1. The summed E-state index contributed by atoms with van der Waals surface area (Å²) in [5.41, 5.74) is 15.1. The van der Waals surface area contributed by atoms with Gasteiger partial charge in [0.05, 0.1) is 25.0 Å². The normalized spacial score (nSPS) is 13.3. The van der Waals surface area contributed by atoms with Crippen molar-refractivity contribution in [3.63, 3.8) is 0 Å². The summed E-state index contributed by atoms with van der Waals surface area (Å²) in [6.45, 7) is 58.5. The van der Waals surface area contributed by atoms with Gasteiger partial charge in [-0.25, -0.2) is 19.3 Å². The zero-order valence-electron chi connectivity index (χ0n) is 87.7. The van der Waals surface area contributed by atoms with E-state index in [4.69, 9.17) is 19.4 Å². The fourth-order valence-electron chi connectivity index (χ4n) is 14.6. The smallest absolute Gasteiger partial charge is 0.433 e. The minimum atomic E-state index is -4.34. The molecule has 0 aromatic carbocycles. The third-order valence-electron chi connectivity index (χ3n) is 21.5. The van der Waals surface area contributed by atoms with Crippen molar-refractivity contribution in [2.45, 2.75) is 357 Å². The molecule has 0 radical (unpaired) electrons. The molecule has 3 aliphatic carbocycles. The minimum absolute atomic E-state index is 0.199. The van der Waals surface area contributed by atoms with Crippen molar-refractivity contribution >= 4 is 0 Å². The van der Waals surface area contributed by atoms with Crippen molar-refractivity contribution in [3.05, 3.63) is 285 Å². The highest BCUT2D eigenvalue weighted by Crippen LogP contribution is 2.40. The lowest BCUT2D eigenvalue weighted by molar-refractivity contribution is -0.141. The average Bonchev–Trinajstić information content (AvgIpc) is 1.81. The van der Waals surface area contributed by atoms with E-state index in [9.17, 15) is 30.7 Å². The average molecular weight is 1870 g/mol. The Balaban J connectivity index is 0.000000314. The van der Waals surface area contributed by atoms with Crippen LogP contribution in [0.5, 0.6) is 11.8 Å². The summed E-state index contributed by atoms with van der Waals surface area (Å²) in [7, 11) is 1.64. The summed E-state index contributed by atoms with van der Waals surface area (Å²) < 4.78 is 97.1. The second-order valence-electron chi connectivity index (χ2n) is 43.1. The van der Waals surface area contributed by atoms with Crippen LogP contribution in [0.25, 0.3) is 0 Å². The molecule has 744 valence electrons. The molecular weight excluding hydrogens is 1700 g/mol. The first-order valence-corrected chi connectivity index (χ1v) is 49.8. The predicted molar refractivity (Wildman–Crippen MR) is 547 cm³/mol. The van der Waals surface area contributed by atoms with Gasteiger partial charge in [-0.15, -0.1) is 0 Å². The second kappa shape index (κ2) is 60.4. The Morgan fingerprint density at radius 1 is 0.341 bits per heavy atom. The molecular formula is C116H169F7N10O2. The van der Waals surface area contributed by atoms with E-state index in [1.807, 2.05) is 123 Å². The Kier molecular flexibility index (Phi) is 52.7. The van der Waals surface area contributed by atoms with Gasteiger partial charge in [0.2, 0.25) is 11.8 Å². The Morgan fingerprint density at radius 2 is 0.719 bits per heavy atom. The fraction of sp³-hybridized carbons (Fsp3) is 0.569. The third-order valence-corrected chi connectivity index (χ3v) is 21.5. The van der Waals surface area contributed by atoms with E-state index in [1.54, 1.807) is 19.2 Å². The summed E-state index contributed by atoms with van der Waals surface area (Å²) in [6.07, 6.45) is 18.5. The van der Waals surface area contributed by atoms with E-state index >= 15 is 0 Å². The maximum absolute atomic E-state index is 13.5. The molecule has 10 aromatic heterocycles. The number of hydrogen-bond donors (Lipinski definition) is 0. The van der Waals surface area contributed by atoms with Crippen LogP contribution in [0.15, 0.2) is 182 Å². The van der Waals surface area contributed by atoms with Gasteiger partial charge in [0.25, 0.3) is 0 Å². The lowest BCUT2D eigenvalue weighted by atomic mass is 9.82. The molecule has 135 heavy (non-hydrogen) atoms. The first-order chi connectivity index (χ1) is 63.3. The molecule has 10 heterocycles. The third kappa shape index (κ3) is 53.8. The SMILES string of the molecule is CC(C)CCc1ccccn1.CC(C)Cc1ccc(C(F)(F)F)cn1.CC(C)Cc1ccc(F)c(C(C)(C)C)n1.CC(C)Cc1cccc(C(F)(F)F)n1.CC(C)Cc1cccc(C2CC2)n1.CC(C)Cc1cccc(C2CCC2)n1.CC(C)Cc1cccc(C2CCCC2)n1.CCOc1cccc(CC(C)(C)C)n1.COc1cccc(CC(C)(C)C)n1.Cc1cccc(CCC(C)C)n1. The molecule has 12 nitrogen and oxygen atoms in total. The Hall–Kier alpha value is -9.39. The van der Waals surface area contributed by atoms with Crippen LogP contribution < -0.4 is 9.47 Å². The quantitative estimate of drug-likeness (QED) is 0.0475. The summed E-state index contributed by atoms with van der Waals surface area (Å²) in [5.74, 6) is 8.46. The molecule has 13 rings (SSSR count). The van der Waals surface area contributed by atoms with Crippen molar-refractivity contribution < 1.29 is 40.2 Å². The van der Waals surface area contributed by atoms with Crippen molar-refractivity contribution in [1.29, 1.82) is 0 Å². The molecule has 0 saturated heterocycles. The van der Waals surface area contributed by atoms with Gasteiger partial charge < -0.3 is 9.47 Å². The highest BCUT2D eigenvalue weighted by atomic mass is 19.4. The van der Waals surface area contributed by atoms with Crippen LogP contribution >= 0.6 is 0 Å². The highest BCUT2D eigenvalue weighted by Gasteiger charge is 2.33. The van der Waals surface area contributed by atoms with Crippen LogP contribution in [0.3, 0.4) is 0 Å². The van der Waals surface area contributed by atoms with E-state index in [-0.39, 0.29) is 22.1 Å². The van der Waals surface area contributed by atoms with Gasteiger partial charge in [0.1, 0.15) is 11.5 Å². The monoisotopic (exact) mass is 1870 g/mol. The summed E-state index contributed by atoms with van der Waals surface area (Å²) in [5, 5.41) is 0. The van der Waals surface area contributed by atoms with E-state index in [2.05, 4.69) is 237 Å². The van der Waals surface area contributed by atoms with E-state index < -0.39 is 23.6 Å². The van der Waals surface area contributed by atoms with E-state index in [0.717, 1.165) is 128 Å². The van der Waals surface area contributed by atoms with Gasteiger partial charge in [-0.3, -0.25) is 34.9 Å². The van der Waals surface area contributed by atoms with Crippen molar-refractivity contribution in [3.8, 4) is 11.8 Å². The molecule has 3 aliphatic rings. The molecule has 0 spiro atoms. The number of alkyl halides is 6. The van der Waals surface area contributed by atoms with Gasteiger partial charge in [-0.1, -0.05) is 241 Å². The van der Waals surface area contributed by atoms with Gasteiger partial charge in [0, 0.05) is 127 Å². The van der Waals surface area contributed by atoms with Crippen LogP contribution in [0.4, 0.5) is 30.7 Å². The molecule has 0 atom stereocenters. The van der Waals surface area contributed by atoms with Crippen LogP contribution in [-0.4, -0.2) is 63.6 Å². The Bertz CT molecular complexity index is 4860. The first-order valence-electron chi connectivity index (χ1n) is 49.8.